The van der Waals surface area contributed by atoms with E-state index in [1.54, 1.807) is 0 Å². The Morgan fingerprint density at radius 2 is 1.06 bits per heavy atom. The second-order valence-electron chi connectivity index (χ2n) is 13.8. The first-order chi connectivity index (χ1) is 23.6. The van der Waals surface area contributed by atoms with Crippen LogP contribution >= 0.6 is 0 Å². The summed E-state index contributed by atoms with van der Waals surface area (Å²) in [5.41, 5.74) is 9.47. The predicted octanol–water partition coefficient (Wildman–Crippen LogP) is 11.6. The van der Waals surface area contributed by atoms with Crippen molar-refractivity contribution in [2.24, 2.45) is 0 Å². The molecule has 0 radical (unpaired) electrons. The van der Waals surface area contributed by atoms with Gasteiger partial charge in [0.2, 0.25) is 0 Å². The minimum absolute atomic E-state index is 0.116. The molecule has 48 heavy (non-hydrogen) atoms. The molecule has 1 aliphatic carbocycles. The van der Waals surface area contributed by atoms with E-state index in [-0.39, 0.29) is 5.41 Å². The summed E-state index contributed by atoms with van der Waals surface area (Å²) in [6.45, 7) is 4.71. The van der Waals surface area contributed by atoms with Gasteiger partial charge in [0.1, 0.15) is 5.82 Å². The number of fused-ring (bicyclic) bond motifs is 15. The first-order valence-electron chi connectivity index (χ1n) is 16.7. The molecule has 0 bridgehead atoms. The minimum Gasteiger partial charge on any atom is -0.294 e. The highest BCUT2D eigenvalue weighted by molar-refractivity contribution is 6.29. The van der Waals surface area contributed by atoms with E-state index in [1.165, 1.54) is 70.9 Å². The summed E-state index contributed by atoms with van der Waals surface area (Å²) in [5, 5.41) is 12.3. The van der Waals surface area contributed by atoms with Gasteiger partial charge in [0.05, 0.1) is 22.1 Å². The van der Waals surface area contributed by atoms with E-state index in [0.29, 0.717) is 0 Å². The largest absolute Gasteiger partial charge is 0.294 e. The van der Waals surface area contributed by atoms with Gasteiger partial charge in [-0.2, -0.15) is 0 Å². The lowest BCUT2D eigenvalue weighted by Crippen LogP contribution is -2.15. The fourth-order valence-electron chi connectivity index (χ4n) is 8.69. The van der Waals surface area contributed by atoms with E-state index < -0.39 is 0 Å². The van der Waals surface area contributed by atoms with Crippen LogP contribution in [0.3, 0.4) is 0 Å². The zero-order valence-electron chi connectivity index (χ0n) is 26.6. The molecule has 11 rings (SSSR count). The molecular formula is C45H29N3. The van der Waals surface area contributed by atoms with Crippen LogP contribution in [-0.2, 0) is 5.41 Å². The third kappa shape index (κ3) is 3.28. The third-order valence-electron chi connectivity index (χ3n) is 11.0. The van der Waals surface area contributed by atoms with Gasteiger partial charge >= 0.3 is 0 Å². The van der Waals surface area contributed by atoms with Gasteiger partial charge in [-0.05, 0) is 97.0 Å². The highest BCUT2D eigenvalue weighted by atomic mass is 15.1. The second kappa shape index (κ2) is 9.05. The van der Waals surface area contributed by atoms with Gasteiger partial charge in [-0.3, -0.25) is 9.55 Å². The number of pyridine rings is 2. The van der Waals surface area contributed by atoms with E-state index in [4.69, 9.17) is 9.97 Å². The van der Waals surface area contributed by atoms with Gasteiger partial charge in [0.25, 0.3) is 0 Å². The number of hydrogen-bond donors (Lipinski definition) is 0. The number of benzene rings is 7. The number of nitrogens with zero attached hydrogens (tertiary/aromatic N) is 3. The molecule has 7 aromatic carbocycles. The molecule has 0 amide bonds. The Morgan fingerprint density at radius 3 is 1.83 bits per heavy atom. The van der Waals surface area contributed by atoms with Gasteiger partial charge < -0.3 is 0 Å². The summed E-state index contributed by atoms with van der Waals surface area (Å²) < 4.78 is 2.40. The van der Waals surface area contributed by atoms with E-state index in [2.05, 4.69) is 146 Å². The molecule has 0 spiro atoms. The molecular weight excluding hydrogens is 583 g/mol. The van der Waals surface area contributed by atoms with Crippen molar-refractivity contribution >= 4 is 75.9 Å². The maximum Gasteiger partial charge on any atom is 0.138 e. The Morgan fingerprint density at radius 1 is 0.458 bits per heavy atom. The average molecular weight is 612 g/mol. The van der Waals surface area contributed by atoms with Crippen molar-refractivity contribution in [1.29, 1.82) is 0 Å². The van der Waals surface area contributed by atoms with E-state index in [0.717, 1.165) is 33.1 Å². The fraction of sp³-hybridized carbons (Fsp3) is 0.0667. The van der Waals surface area contributed by atoms with Gasteiger partial charge in [-0.1, -0.05) is 105 Å². The molecule has 0 saturated carbocycles. The smallest absolute Gasteiger partial charge is 0.138 e. The van der Waals surface area contributed by atoms with Crippen LogP contribution in [0, 0.1) is 0 Å². The lowest BCUT2D eigenvalue weighted by molar-refractivity contribution is 0.661. The minimum atomic E-state index is -0.116. The summed E-state index contributed by atoms with van der Waals surface area (Å²) in [4.78, 5) is 10.2. The monoisotopic (exact) mass is 611 g/mol. The molecule has 1 aliphatic rings. The van der Waals surface area contributed by atoms with Crippen LogP contribution in [0.1, 0.15) is 25.0 Å². The molecule has 0 fully saturated rings. The standard InChI is InChI=1S/C45H29N3/c1-45(2)38-16-8-7-15-32(38)35-23-37-36-22-33-30-13-5-3-11-28(30)29-12-4-6-14-31(29)34(33)24-40(36)48(41(37)25-39(35)45)42-20-19-27-18-17-26-10-9-21-46-43(26)44(27)47-42/h3-25H,1-2H3. The zero-order chi connectivity index (χ0) is 31.7. The molecule has 0 saturated heterocycles. The van der Waals surface area contributed by atoms with Crippen LogP contribution in [0.15, 0.2) is 140 Å². The topological polar surface area (TPSA) is 30.7 Å². The van der Waals surface area contributed by atoms with Crippen LogP contribution in [-0.4, -0.2) is 14.5 Å². The van der Waals surface area contributed by atoms with Crippen molar-refractivity contribution in [3.8, 4) is 16.9 Å². The lowest BCUT2D eigenvalue weighted by atomic mass is 9.82. The van der Waals surface area contributed by atoms with Crippen molar-refractivity contribution in [1.82, 2.24) is 14.5 Å². The molecule has 3 nitrogen and oxygen atoms in total. The Balaban J connectivity index is 1.34. The van der Waals surface area contributed by atoms with Crippen LogP contribution in [0.25, 0.3) is 92.9 Å². The van der Waals surface area contributed by atoms with E-state index in [1.807, 2.05) is 12.3 Å². The lowest BCUT2D eigenvalue weighted by Gasteiger charge is -2.21. The van der Waals surface area contributed by atoms with Crippen LogP contribution < -0.4 is 0 Å². The maximum atomic E-state index is 5.41. The molecule has 0 N–H and O–H groups in total. The highest BCUT2D eigenvalue weighted by Gasteiger charge is 2.36. The van der Waals surface area contributed by atoms with E-state index in [9.17, 15) is 0 Å². The van der Waals surface area contributed by atoms with Crippen LogP contribution in [0.5, 0.6) is 0 Å². The Kier molecular flexibility index (Phi) is 4.91. The third-order valence-corrected chi connectivity index (χ3v) is 11.0. The summed E-state index contributed by atoms with van der Waals surface area (Å²) in [6, 6.07) is 49.1. The maximum absolute atomic E-state index is 5.41. The molecule has 3 heteroatoms. The summed E-state index contributed by atoms with van der Waals surface area (Å²) in [5.74, 6) is 0.901. The SMILES string of the molecule is CC1(C)c2ccccc2-c2cc3c4cc5c6ccccc6c6ccccc6c5cc4n(-c4ccc5ccc6cccnc6c5n4)c3cc21. The first kappa shape index (κ1) is 26.1. The number of rotatable bonds is 1. The average Bonchev–Trinajstić information content (AvgIpc) is 3.57. The number of aromatic nitrogens is 3. The Labute approximate surface area is 276 Å². The van der Waals surface area contributed by atoms with Crippen LogP contribution in [0.2, 0.25) is 0 Å². The van der Waals surface area contributed by atoms with Crippen molar-refractivity contribution in [2.75, 3.05) is 0 Å². The van der Waals surface area contributed by atoms with E-state index >= 15 is 0 Å². The highest BCUT2D eigenvalue weighted by Crippen LogP contribution is 2.51. The van der Waals surface area contributed by atoms with Crippen molar-refractivity contribution in [3.63, 3.8) is 0 Å². The van der Waals surface area contributed by atoms with Gasteiger partial charge in [-0.15, -0.1) is 0 Å². The second-order valence-corrected chi connectivity index (χ2v) is 13.8. The van der Waals surface area contributed by atoms with Gasteiger partial charge in [0, 0.05) is 33.2 Å². The quantitative estimate of drug-likeness (QED) is 0.173. The number of hydrogen-bond acceptors (Lipinski definition) is 2. The molecule has 10 aromatic rings. The molecule has 0 aliphatic heterocycles. The zero-order valence-corrected chi connectivity index (χ0v) is 26.6. The van der Waals surface area contributed by atoms with Gasteiger partial charge in [0.15, 0.2) is 0 Å². The molecule has 0 atom stereocenters. The first-order valence-corrected chi connectivity index (χ1v) is 16.7. The molecule has 3 aromatic heterocycles. The Hall–Kier alpha value is -6.06. The van der Waals surface area contributed by atoms with Crippen LogP contribution in [0.4, 0.5) is 0 Å². The molecule has 3 heterocycles. The van der Waals surface area contributed by atoms with Crippen molar-refractivity contribution in [3.05, 3.63) is 151 Å². The fourth-order valence-corrected chi connectivity index (χ4v) is 8.69. The normalized spacial score (nSPS) is 13.8. The summed E-state index contributed by atoms with van der Waals surface area (Å²) in [6.07, 6.45) is 1.86. The molecule has 0 unspecified atom stereocenters. The van der Waals surface area contributed by atoms with Crippen molar-refractivity contribution in [2.45, 2.75) is 19.3 Å². The van der Waals surface area contributed by atoms with Crippen molar-refractivity contribution < 1.29 is 0 Å². The molecule has 224 valence electrons. The predicted molar refractivity (Wildman–Crippen MR) is 201 cm³/mol. The summed E-state index contributed by atoms with van der Waals surface area (Å²) >= 11 is 0. The Bertz CT molecular complexity index is 3040. The summed E-state index contributed by atoms with van der Waals surface area (Å²) in [7, 11) is 0. The van der Waals surface area contributed by atoms with Gasteiger partial charge in [-0.25, -0.2) is 4.98 Å².